The van der Waals surface area contributed by atoms with Crippen molar-refractivity contribution in [3.05, 3.63) is 35.4 Å². The molecule has 1 aromatic carbocycles. The Morgan fingerprint density at radius 3 is 2.49 bits per heavy atom. The molecule has 9 heteroatoms. The van der Waals surface area contributed by atoms with Gasteiger partial charge < -0.3 is 10.2 Å². The maximum atomic E-state index is 12.8. The number of hydrogen-bond acceptors (Lipinski definition) is 7. The molecule has 3 aliphatic rings. The van der Waals surface area contributed by atoms with Gasteiger partial charge in [-0.15, -0.1) is 10.2 Å². The van der Waals surface area contributed by atoms with Crippen LogP contribution in [0.2, 0.25) is 0 Å². The van der Waals surface area contributed by atoms with Crippen LogP contribution in [-0.4, -0.2) is 66.2 Å². The number of benzene rings is 1. The monoisotopic (exact) mass is 496 g/mol. The van der Waals surface area contributed by atoms with Crippen LogP contribution in [-0.2, 0) is 16.1 Å². The van der Waals surface area contributed by atoms with Crippen LogP contribution in [0, 0.1) is 18.8 Å². The van der Waals surface area contributed by atoms with Crippen LogP contribution < -0.4 is 15.1 Å². The Morgan fingerprint density at radius 1 is 1.03 bits per heavy atom. The topological polar surface area (TPSA) is 81.7 Å². The molecule has 3 saturated heterocycles. The van der Waals surface area contributed by atoms with Gasteiger partial charge >= 0.3 is 0 Å². The molecule has 5 rings (SSSR count). The van der Waals surface area contributed by atoms with Crippen molar-refractivity contribution in [2.24, 2.45) is 11.8 Å². The summed E-state index contributed by atoms with van der Waals surface area (Å²) in [5.41, 5.74) is 2.78. The highest BCUT2D eigenvalue weighted by Crippen LogP contribution is 2.32. The van der Waals surface area contributed by atoms with Crippen LogP contribution in [0.3, 0.4) is 0 Å². The molecular weight excluding hydrogens is 460 g/mol. The van der Waals surface area contributed by atoms with E-state index < -0.39 is 0 Å². The van der Waals surface area contributed by atoms with Crippen LogP contribution in [0.25, 0.3) is 0 Å². The number of piperidine rings is 2. The van der Waals surface area contributed by atoms with Gasteiger partial charge in [0, 0.05) is 45.1 Å². The summed E-state index contributed by atoms with van der Waals surface area (Å²) in [6, 6.07) is 8.63. The van der Waals surface area contributed by atoms with Crippen molar-refractivity contribution in [2.75, 3.05) is 49.1 Å². The molecule has 0 saturated carbocycles. The van der Waals surface area contributed by atoms with E-state index in [1.165, 1.54) is 22.5 Å². The second-order valence-corrected chi connectivity index (χ2v) is 11.1. The van der Waals surface area contributed by atoms with E-state index in [1.807, 2.05) is 0 Å². The van der Waals surface area contributed by atoms with Crippen molar-refractivity contribution in [1.29, 1.82) is 0 Å². The molecule has 8 nitrogen and oxygen atoms in total. The molecule has 188 valence electrons. The Morgan fingerprint density at radius 2 is 1.77 bits per heavy atom. The molecule has 2 aromatic rings. The molecule has 35 heavy (non-hydrogen) atoms. The first-order valence-corrected chi connectivity index (χ1v) is 13.8. The molecule has 4 heterocycles. The van der Waals surface area contributed by atoms with Gasteiger partial charge in [-0.25, -0.2) is 0 Å². The highest BCUT2D eigenvalue weighted by Gasteiger charge is 2.30. The molecule has 2 amide bonds. The minimum absolute atomic E-state index is 0.0694. The minimum Gasteiger partial charge on any atom is -0.356 e. The molecule has 0 radical (unpaired) electrons. The summed E-state index contributed by atoms with van der Waals surface area (Å²) >= 11 is 1.48. The van der Waals surface area contributed by atoms with Gasteiger partial charge in [-0.1, -0.05) is 35.6 Å². The lowest BCUT2D eigenvalue weighted by Gasteiger charge is -2.33. The van der Waals surface area contributed by atoms with Gasteiger partial charge in [0.05, 0.1) is 0 Å². The Bertz CT molecular complexity index is 1030. The van der Waals surface area contributed by atoms with E-state index >= 15 is 0 Å². The smallest absolute Gasteiger partial charge is 0.228 e. The largest absolute Gasteiger partial charge is 0.356 e. The van der Waals surface area contributed by atoms with E-state index in [2.05, 4.69) is 56.5 Å². The first kappa shape index (κ1) is 24.2. The molecule has 0 spiro atoms. The van der Waals surface area contributed by atoms with Crippen molar-refractivity contribution in [2.45, 2.75) is 52.0 Å². The molecule has 0 bridgehead atoms. The number of carbonyl (C=O) groups excluding carboxylic acids is 2. The van der Waals surface area contributed by atoms with E-state index in [1.54, 1.807) is 4.90 Å². The number of nitrogens with zero attached hydrogens (tertiary/aromatic N) is 5. The summed E-state index contributed by atoms with van der Waals surface area (Å²) in [5, 5.41) is 13.4. The highest BCUT2D eigenvalue weighted by atomic mass is 32.1. The Kier molecular flexibility index (Phi) is 7.63. The van der Waals surface area contributed by atoms with Crippen molar-refractivity contribution in [3.63, 3.8) is 0 Å². The summed E-state index contributed by atoms with van der Waals surface area (Å²) in [4.78, 5) is 31.3. The predicted octanol–water partition coefficient (Wildman–Crippen LogP) is 3.22. The van der Waals surface area contributed by atoms with E-state index in [4.69, 9.17) is 0 Å². The number of hydrogen-bond donors (Lipinski definition) is 1. The lowest BCUT2D eigenvalue weighted by molar-refractivity contribution is -0.125. The summed E-state index contributed by atoms with van der Waals surface area (Å²) < 4.78 is 0. The van der Waals surface area contributed by atoms with Crippen LogP contribution in [0.1, 0.15) is 49.7 Å². The maximum Gasteiger partial charge on any atom is 0.228 e. The number of carbonyl (C=O) groups is 2. The van der Waals surface area contributed by atoms with Gasteiger partial charge in [0.2, 0.25) is 22.1 Å². The summed E-state index contributed by atoms with van der Waals surface area (Å²) in [6.07, 6.45) is 5.44. The standard InChI is InChI=1S/C26H36N6O2S/c1-19-5-2-3-6-22(19)18-30-13-8-20(9-14-30)17-27-24(34)21-10-15-31(16-11-21)25-28-29-26(35-25)32-12-4-7-23(32)33/h2-3,5-6,20-21H,4,7-18H2,1H3,(H,27,34). The summed E-state index contributed by atoms with van der Waals surface area (Å²) in [7, 11) is 0. The fraction of sp³-hybridized carbons (Fsp3) is 0.615. The van der Waals surface area contributed by atoms with E-state index in [0.29, 0.717) is 17.5 Å². The molecule has 0 atom stereocenters. The molecule has 1 N–H and O–H groups in total. The van der Waals surface area contributed by atoms with E-state index in [9.17, 15) is 9.59 Å². The molecular formula is C26H36N6O2S. The number of amides is 2. The normalized spacial score (nSPS) is 20.5. The van der Waals surface area contributed by atoms with Crippen molar-refractivity contribution in [1.82, 2.24) is 20.4 Å². The second kappa shape index (κ2) is 11.0. The second-order valence-electron chi connectivity index (χ2n) is 10.2. The first-order chi connectivity index (χ1) is 17.1. The van der Waals surface area contributed by atoms with Crippen LogP contribution in [0.4, 0.5) is 10.3 Å². The highest BCUT2D eigenvalue weighted by molar-refractivity contribution is 7.19. The van der Waals surface area contributed by atoms with Gasteiger partial charge in [-0.2, -0.15) is 0 Å². The van der Waals surface area contributed by atoms with Crippen LogP contribution in [0.5, 0.6) is 0 Å². The number of likely N-dealkylation sites (tertiary alicyclic amines) is 1. The number of rotatable bonds is 7. The van der Waals surface area contributed by atoms with Crippen molar-refractivity contribution < 1.29 is 9.59 Å². The van der Waals surface area contributed by atoms with Crippen molar-refractivity contribution >= 4 is 33.4 Å². The lowest BCUT2D eigenvalue weighted by atomic mass is 9.94. The zero-order chi connectivity index (χ0) is 24.2. The maximum absolute atomic E-state index is 12.8. The van der Waals surface area contributed by atoms with E-state index in [0.717, 1.165) is 83.0 Å². The van der Waals surface area contributed by atoms with Gasteiger partial charge in [-0.3, -0.25) is 19.4 Å². The molecule has 0 unspecified atom stereocenters. The Hall–Kier alpha value is -2.52. The van der Waals surface area contributed by atoms with Gasteiger partial charge in [-0.05, 0) is 69.2 Å². The minimum atomic E-state index is 0.0694. The van der Waals surface area contributed by atoms with Crippen molar-refractivity contribution in [3.8, 4) is 0 Å². The average molecular weight is 497 g/mol. The SMILES string of the molecule is Cc1ccccc1CN1CCC(CNC(=O)C2CCN(c3nnc(N4CCCC4=O)s3)CC2)CC1. The molecule has 3 fully saturated rings. The average Bonchev–Trinajstić information content (AvgIpc) is 3.54. The molecule has 3 aliphatic heterocycles. The first-order valence-electron chi connectivity index (χ1n) is 13.0. The third-order valence-electron chi connectivity index (χ3n) is 7.77. The van der Waals surface area contributed by atoms with Gasteiger partial charge in [0.25, 0.3) is 0 Å². The number of nitrogens with one attached hydrogen (secondary N) is 1. The summed E-state index contributed by atoms with van der Waals surface area (Å²) in [6.45, 7) is 8.54. The molecule has 1 aromatic heterocycles. The van der Waals surface area contributed by atoms with Gasteiger partial charge in [0.15, 0.2) is 0 Å². The summed E-state index contributed by atoms with van der Waals surface area (Å²) in [5.74, 6) is 0.980. The fourth-order valence-corrected chi connectivity index (χ4v) is 6.34. The Labute approximate surface area is 211 Å². The zero-order valence-corrected chi connectivity index (χ0v) is 21.4. The number of anilines is 2. The number of aryl methyl sites for hydroxylation is 1. The van der Waals surface area contributed by atoms with Gasteiger partial charge in [0.1, 0.15) is 0 Å². The lowest BCUT2D eigenvalue weighted by Crippen LogP contribution is -2.43. The fourth-order valence-electron chi connectivity index (χ4n) is 5.39. The zero-order valence-electron chi connectivity index (χ0n) is 20.6. The van der Waals surface area contributed by atoms with Crippen LogP contribution >= 0.6 is 11.3 Å². The predicted molar refractivity (Wildman–Crippen MR) is 139 cm³/mol. The number of aromatic nitrogens is 2. The molecule has 0 aliphatic carbocycles. The Balaban J connectivity index is 1.02. The van der Waals surface area contributed by atoms with Crippen LogP contribution in [0.15, 0.2) is 24.3 Å². The van der Waals surface area contributed by atoms with E-state index in [-0.39, 0.29) is 17.7 Å². The quantitative estimate of drug-likeness (QED) is 0.634. The third kappa shape index (κ3) is 5.83. The third-order valence-corrected chi connectivity index (χ3v) is 8.78.